The van der Waals surface area contributed by atoms with Crippen molar-refractivity contribution in [2.45, 2.75) is 19.8 Å². The standard InChI is InChI=1S/C19H20ClN3O3/c1-3-4-10-22(2)17(24)12-23-15-11-13(20)7-8-16(15)26-18-14(19(23)25)6-5-9-21-18/h5-9,11H,3-4,10,12H2,1-2H3. The molecule has 0 radical (unpaired) electrons. The maximum Gasteiger partial charge on any atom is 0.264 e. The van der Waals surface area contributed by atoms with Gasteiger partial charge >= 0.3 is 0 Å². The van der Waals surface area contributed by atoms with Crippen LogP contribution in [0.3, 0.4) is 0 Å². The fourth-order valence-electron chi connectivity index (χ4n) is 2.71. The Balaban J connectivity index is 1.98. The molecular weight excluding hydrogens is 354 g/mol. The van der Waals surface area contributed by atoms with Crippen LogP contribution >= 0.6 is 11.6 Å². The number of unbranched alkanes of at least 4 members (excludes halogenated alkanes) is 1. The van der Waals surface area contributed by atoms with Crippen molar-refractivity contribution in [1.82, 2.24) is 9.88 Å². The van der Waals surface area contributed by atoms with Gasteiger partial charge in [-0.3, -0.25) is 14.5 Å². The van der Waals surface area contributed by atoms with E-state index in [1.807, 2.05) is 0 Å². The number of amides is 2. The number of nitrogens with zero attached hydrogens (tertiary/aromatic N) is 3. The average Bonchev–Trinajstić information content (AvgIpc) is 2.75. The summed E-state index contributed by atoms with van der Waals surface area (Å²) in [5.41, 5.74) is 0.765. The van der Waals surface area contributed by atoms with Gasteiger partial charge in [-0.1, -0.05) is 24.9 Å². The van der Waals surface area contributed by atoms with Crippen LogP contribution in [0, 0.1) is 0 Å². The second-order valence-electron chi connectivity index (χ2n) is 6.13. The van der Waals surface area contributed by atoms with Crippen molar-refractivity contribution >= 4 is 29.1 Å². The Morgan fingerprint density at radius 3 is 2.92 bits per heavy atom. The molecule has 0 spiro atoms. The molecule has 0 unspecified atom stereocenters. The zero-order valence-corrected chi connectivity index (χ0v) is 15.5. The van der Waals surface area contributed by atoms with Crippen molar-refractivity contribution in [3.05, 3.63) is 47.1 Å². The number of carbonyl (C=O) groups excluding carboxylic acids is 2. The summed E-state index contributed by atoms with van der Waals surface area (Å²) >= 11 is 6.12. The molecule has 136 valence electrons. The number of carbonyl (C=O) groups is 2. The number of fused-ring (bicyclic) bond motifs is 2. The Morgan fingerprint density at radius 1 is 1.35 bits per heavy atom. The summed E-state index contributed by atoms with van der Waals surface area (Å²) < 4.78 is 5.81. The Bertz CT molecular complexity index is 841. The first-order valence-corrected chi connectivity index (χ1v) is 8.87. The van der Waals surface area contributed by atoms with E-state index < -0.39 is 0 Å². The average molecular weight is 374 g/mol. The number of aromatic nitrogens is 1. The van der Waals surface area contributed by atoms with Crippen LogP contribution in [0.2, 0.25) is 5.02 Å². The van der Waals surface area contributed by atoms with Crippen LogP contribution in [-0.4, -0.2) is 41.8 Å². The molecule has 26 heavy (non-hydrogen) atoms. The van der Waals surface area contributed by atoms with Crippen LogP contribution in [0.1, 0.15) is 30.1 Å². The summed E-state index contributed by atoms with van der Waals surface area (Å²) in [6.45, 7) is 2.62. The smallest absolute Gasteiger partial charge is 0.264 e. The highest BCUT2D eigenvalue weighted by Gasteiger charge is 2.31. The second-order valence-corrected chi connectivity index (χ2v) is 6.57. The van der Waals surface area contributed by atoms with Crippen LogP contribution in [0.15, 0.2) is 36.5 Å². The summed E-state index contributed by atoms with van der Waals surface area (Å²) in [6.07, 6.45) is 3.46. The molecule has 1 aromatic heterocycles. The number of anilines is 1. The van der Waals surface area contributed by atoms with Gasteiger partial charge < -0.3 is 9.64 Å². The molecule has 1 aliphatic rings. The Hall–Kier alpha value is -2.60. The Kier molecular flexibility index (Phi) is 5.42. The molecule has 7 heteroatoms. The minimum absolute atomic E-state index is 0.0932. The lowest BCUT2D eigenvalue weighted by Crippen LogP contribution is -2.41. The molecule has 2 amide bonds. The van der Waals surface area contributed by atoms with Gasteiger partial charge in [0.05, 0.1) is 5.69 Å². The van der Waals surface area contributed by atoms with Crippen molar-refractivity contribution < 1.29 is 14.3 Å². The van der Waals surface area contributed by atoms with E-state index in [4.69, 9.17) is 16.3 Å². The number of ether oxygens (including phenoxy) is 1. The van der Waals surface area contributed by atoms with E-state index >= 15 is 0 Å². The van der Waals surface area contributed by atoms with Crippen LogP contribution in [0.4, 0.5) is 5.69 Å². The van der Waals surface area contributed by atoms with Crippen LogP contribution in [0.25, 0.3) is 0 Å². The SMILES string of the molecule is CCCCN(C)C(=O)CN1C(=O)c2cccnc2Oc2ccc(Cl)cc21. The molecule has 0 atom stereocenters. The summed E-state index contributed by atoms with van der Waals surface area (Å²) in [5.74, 6) is 0.163. The molecule has 0 bridgehead atoms. The molecule has 1 aliphatic heterocycles. The fourth-order valence-corrected chi connectivity index (χ4v) is 2.88. The van der Waals surface area contributed by atoms with Crippen LogP contribution in [-0.2, 0) is 4.79 Å². The molecule has 0 aliphatic carbocycles. The predicted molar refractivity (Wildman–Crippen MR) is 100.0 cm³/mol. The van der Waals surface area contributed by atoms with E-state index in [1.54, 1.807) is 48.5 Å². The van der Waals surface area contributed by atoms with E-state index in [1.165, 1.54) is 4.90 Å². The van der Waals surface area contributed by atoms with Gasteiger partial charge in [-0.05, 0) is 36.8 Å². The minimum atomic E-state index is -0.341. The Labute approximate surface area is 157 Å². The van der Waals surface area contributed by atoms with Crippen molar-refractivity contribution in [3.63, 3.8) is 0 Å². The highest BCUT2D eigenvalue weighted by atomic mass is 35.5. The van der Waals surface area contributed by atoms with Crippen molar-refractivity contribution in [2.24, 2.45) is 0 Å². The molecule has 1 aromatic carbocycles. The number of hydrogen-bond acceptors (Lipinski definition) is 4. The number of rotatable bonds is 5. The zero-order chi connectivity index (χ0) is 18.7. The van der Waals surface area contributed by atoms with Gasteiger partial charge in [0.2, 0.25) is 11.8 Å². The lowest BCUT2D eigenvalue weighted by molar-refractivity contribution is -0.128. The molecule has 2 aromatic rings. The van der Waals surface area contributed by atoms with E-state index in [0.717, 1.165) is 12.8 Å². The third kappa shape index (κ3) is 3.65. The number of hydrogen-bond donors (Lipinski definition) is 0. The van der Waals surface area contributed by atoms with Gasteiger partial charge in [-0.25, -0.2) is 4.98 Å². The maximum atomic E-state index is 13.1. The molecule has 2 heterocycles. The fraction of sp³-hybridized carbons (Fsp3) is 0.316. The van der Waals surface area contributed by atoms with Crippen molar-refractivity contribution in [2.75, 3.05) is 25.0 Å². The summed E-state index contributed by atoms with van der Waals surface area (Å²) in [4.78, 5) is 32.9. The Morgan fingerprint density at radius 2 is 2.15 bits per heavy atom. The minimum Gasteiger partial charge on any atom is -0.436 e. The molecule has 6 nitrogen and oxygen atoms in total. The van der Waals surface area contributed by atoms with Crippen molar-refractivity contribution in [1.29, 1.82) is 0 Å². The first-order chi connectivity index (χ1) is 12.5. The van der Waals surface area contributed by atoms with E-state index in [2.05, 4.69) is 11.9 Å². The third-order valence-corrected chi connectivity index (χ3v) is 4.47. The number of pyridine rings is 1. The van der Waals surface area contributed by atoms with E-state index in [0.29, 0.717) is 28.6 Å². The molecular formula is C19H20ClN3O3. The van der Waals surface area contributed by atoms with Gasteiger partial charge in [-0.2, -0.15) is 0 Å². The lowest BCUT2D eigenvalue weighted by atomic mass is 10.2. The number of likely N-dealkylation sites (N-methyl/N-ethyl adjacent to an activating group) is 1. The van der Waals surface area contributed by atoms with Crippen LogP contribution < -0.4 is 9.64 Å². The molecule has 0 saturated carbocycles. The maximum absolute atomic E-state index is 13.1. The molecule has 0 N–H and O–H groups in total. The van der Waals surface area contributed by atoms with Gasteiger partial charge in [0.15, 0.2) is 5.75 Å². The summed E-state index contributed by atoms with van der Waals surface area (Å²) in [6, 6.07) is 8.27. The topological polar surface area (TPSA) is 62.7 Å². The van der Waals surface area contributed by atoms with E-state index in [-0.39, 0.29) is 24.2 Å². The molecule has 0 fully saturated rings. The van der Waals surface area contributed by atoms with Gasteiger partial charge in [0, 0.05) is 24.8 Å². The lowest BCUT2D eigenvalue weighted by Gasteiger charge is -2.25. The normalized spacial score (nSPS) is 12.7. The quantitative estimate of drug-likeness (QED) is 0.800. The largest absolute Gasteiger partial charge is 0.436 e. The first-order valence-electron chi connectivity index (χ1n) is 8.49. The summed E-state index contributed by atoms with van der Waals surface area (Å²) in [7, 11) is 1.74. The highest BCUT2D eigenvalue weighted by Crippen LogP contribution is 2.39. The highest BCUT2D eigenvalue weighted by molar-refractivity contribution is 6.31. The molecule has 0 saturated heterocycles. The number of halogens is 1. The van der Waals surface area contributed by atoms with Gasteiger partial charge in [0.25, 0.3) is 5.91 Å². The van der Waals surface area contributed by atoms with Gasteiger partial charge in [-0.15, -0.1) is 0 Å². The zero-order valence-electron chi connectivity index (χ0n) is 14.7. The van der Waals surface area contributed by atoms with Crippen molar-refractivity contribution in [3.8, 4) is 11.6 Å². The monoisotopic (exact) mass is 373 g/mol. The predicted octanol–water partition coefficient (Wildman–Crippen LogP) is 3.75. The van der Waals surface area contributed by atoms with E-state index in [9.17, 15) is 9.59 Å². The van der Waals surface area contributed by atoms with Gasteiger partial charge in [0.1, 0.15) is 12.1 Å². The summed E-state index contributed by atoms with van der Waals surface area (Å²) in [5, 5.41) is 0.454. The van der Waals surface area contributed by atoms with Crippen LogP contribution in [0.5, 0.6) is 11.6 Å². The third-order valence-electron chi connectivity index (χ3n) is 4.23. The molecule has 3 rings (SSSR count). The number of benzene rings is 1. The first kappa shape index (κ1) is 18.2. The second kappa shape index (κ2) is 7.74.